The van der Waals surface area contributed by atoms with Crippen molar-refractivity contribution in [3.05, 3.63) is 58.8 Å². The molecule has 122 valence electrons. The molecule has 2 aromatic carbocycles. The van der Waals surface area contributed by atoms with Gasteiger partial charge in [0.2, 0.25) is 0 Å². The van der Waals surface area contributed by atoms with Gasteiger partial charge in [-0.1, -0.05) is 11.6 Å². The SMILES string of the molecule is CSc1ccc2c(c1)OCc1nc(C)c(-c3ccc(F)c(Cl)c3)n1-2. The molecule has 0 saturated carbocycles. The number of benzene rings is 2. The van der Waals surface area contributed by atoms with E-state index in [4.69, 9.17) is 16.3 Å². The maximum atomic E-state index is 13.5. The standard InChI is InChI=1S/C18H14ClFN2OS/c1-10-18(11-3-5-14(20)13(19)7-11)22-15-6-4-12(24-2)8-16(15)23-9-17(22)21-10/h3-8H,9H2,1-2H3. The van der Waals surface area contributed by atoms with Gasteiger partial charge in [0.05, 0.1) is 22.1 Å². The van der Waals surface area contributed by atoms with Crippen molar-refractivity contribution in [2.45, 2.75) is 18.4 Å². The molecule has 3 nitrogen and oxygen atoms in total. The minimum Gasteiger partial charge on any atom is -0.483 e. The molecule has 1 aromatic heterocycles. The van der Waals surface area contributed by atoms with Crippen LogP contribution in [-0.2, 0) is 6.61 Å². The summed E-state index contributed by atoms with van der Waals surface area (Å²) in [5.74, 6) is 1.22. The predicted molar refractivity (Wildman–Crippen MR) is 94.8 cm³/mol. The van der Waals surface area contributed by atoms with Crippen molar-refractivity contribution in [3.63, 3.8) is 0 Å². The van der Waals surface area contributed by atoms with Crippen molar-refractivity contribution < 1.29 is 9.13 Å². The summed E-state index contributed by atoms with van der Waals surface area (Å²) in [6.45, 7) is 2.34. The lowest BCUT2D eigenvalue weighted by atomic mass is 10.1. The van der Waals surface area contributed by atoms with Crippen LogP contribution in [0, 0.1) is 12.7 Å². The van der Waals surface area contributed by atoms with Crippen LogP contribution in [0.4, 0.5) is 4.39 Å². The Labute approximate surface area is 148 Å². The molecule has 0 radical (unpaired) electrons. The number of rotatable bonds is 2. The highest BCUT2D eigenvalue weighted by atomic mass is 35.5. The molecule has 3 aromatic rings. The van der Waals surface area contributed by atoms with Crippen LogP contribution in [0.15, 0.2) is 41.3 Å². The van der Waals surface area contributed by atoms with E-state index >= 15 is 0 Å². The third kappa shape index (κ3) is 2.39. The Hall–Kier alpha value is -1.98. The Balaban J connectivity index is 1.95. The average Bonchev–Trinajstić information content (AvgIpc) is 2.93. The fraction of sp³-hybridized carbons (Fsp3) is 0.167. The van der Waals surface area contributed by atoms with Gasteiger partial charge in [-0.25, -0.2) is 9.37 Å². The van der Waals surface area contributed by atoms with Crippen LogP contribution in [0.1, 0.15) is 11.5 Å². The lowest BCUT2D eigenvalue weighted by Gasteiger charge is -2.22. The van der Waals surface area contributed by atoms with Crippen molar-refractivity contribution in [3.8, 4) is 22.7 Å². The number of fused-ring (bicyclic) bond motifs is 3. The molecule has 4 rings (SSSR count). The number of hydrogen-bond donors (Lipinski definition) is 0. The summed E-state index contributed by atoms with van der Waals surface area (Å²) >= 11 is 7.64. The fourth-order valence-electron chi connectivity index (χ4n) is 2.99. The summed E-state index contributed by atoms with van der Waals surface area (Å²) in [5, 5.41) is 0.104. The van der Waals surface area contributed by atoms with Crippen LogP contribution in [0.5, 0.6) is 5.75 Å². The number of imidazole rings is 1. The van der Waals surface area contributed by atoms with Gasteiger partial charge in [0, 0.05) is 10.5 Å². The van der Waals surface area contributed by atoms with Crippen LogP contribution in [0.2, 0.25) is 5.02 Å². The number of nitrogens with zero attached hydrogens (tertiary/aromatic N) is 2. The minimum absolute atomic E-state index is 0.104. The first-order valence-electron chi connectivity index (χ1n) is 7.43. The molecule has 0 spiro atoms. The Kier molecular flexibility index (Phi) is 3.77. The molecular weight excluding hydrogens is 347 g/mol. The zero-order chi connectivity index (χ0) is 16.8. The van der Waals surface area contributed by atoms with Crippen LogP contribution < -0.4 is 4.74 Å². The van der Waals surface area contributed by atoms with E-state index in [9.17, 15) is 4.39 Å². The molecule has 0 atom stereocenters. The van der Waals surface area contributed by atoms with E-state index in [-0.39, 0.29) is 5.02 Å². The molecule has 2 heterocycles. The van der Waals surface area contributed by atoms with Crippen LogP contribution in [0.3, 0.4) is 0 Å². The van der Waals surface area contributed by atoms with Gasteiger partial charge in [0.15, 0.2) is 5.82 Å². The maximum Gasteiger partial charge on any atom is 0.152 e. The summed E-state index contributed by atoms with van der Waals surface area (Å²) < 4.78 is 21.5. The average molecular weight is 361 g/mol. The number of ether oxygens (including phenoxy) is 1. The molecule has 0 unspecified atom stereocenters. The molecule has 6 heteroatoms. The van der Waals surface area contributed by atoms with E-state index in [1.807, 2.05) is 25.3 Å². The second kappa shape index (κ2) is 5.83. The summed E-state index contributed by atoms with van der Waals surface area (Å²) in [6, 6.07) is 10.9. The Morgan fingerprint density at radius 3 is 2.83 bits per heavy atom. The Morgan fingerprint density at radius 2 is 2.08 bits per heavy atom. The molecule has 24 heavy (non-hydrogen) atoms. The van der Waals surface area contributed by atoms with Gasteiger partial charge in [-0.05, 0) is 49.6 Å². The molecule has 0 bridgehead atoms. The normalized spacial score (nSPS) is 12.5. The van der Waals surface area contributed by atoms with Gasteiger partial charge in [0.25, 0.3) is 0 Å². The van der Waals surface area contributed by atoms with Crippen molar-refractivity contribution >= 4 is 23.4 Å². The van der Waals surface area contributed by atoms with Gasteiger partial charge in [-0.3, -0.25) is 4.57 Å². The second-order valence-corrected chi connectivity index (χ2v) is 6.84. The number of hydrogen-bond acceptors (Lipinski definition) is 3. The first-order valence-corrected chi connectivity index (χ1v) is 9.03. The number of aromatic nitrogens is 2. The van der Waals surface area contributed by atoms with Crippen LogP contribution in [0.25, 0.3) is 16.9 Å². The van der Waals surface area contributed by atoms with Crippen molar-refractivity contribution in [2.75, 3.05) is 6.26 Å². The van der Waals surface area contributed by atoms with Crippen LogP contribution in [-0.4, -0.2) is 15.8 Å². The third-order valence-corrected chi connectivity index (χ3v) is 5.09. The Bertz CT molecular complexity index is 954. The van der Waals surface area contributed by atoms with E-state index in [0.717, 1.165) is 39.1 Å². The molecular formula is C18H14ClFN2OS. The van der Waals surface area contributed by atoms with E-state index in [0.29, 0.717) is 6.61 Å². The van der Waals surface area contributed by atoms with Gasteiger partial charge in [0.1, 0.15) is 18.2 Å². The zero-order valence-electron chi connectivity index (χ0n) is 13.1. The molecule has 0 fully saturated rings. The van der Waals surface area contributed by atoms with E-state index < -0.39 is 5.82 Å². The smallest absolute Gasteiger partial charge is 0.152 e. The molecule has 0 N–H and O–H groups in total. The summed E-state index contributed by atoms with van der Waals surface area (Å²) in [4.78, 5) is 5.76. The first-order chi connectivity index (χ1) is 11.6. The highest BCUT2D eigenvalue weighted by Crippen LogP contribution is 2.38. The molecule has 1 aliphatic heterocycles. The van der Waals surface area contributed by atoms with Crippen molar-refractivity contribution in [1.82, 2.24) is 9.55 Å². The van der Waals surface area contributed by atoms with Gasteiger partial charge < -0.3 is 4.74 Å². The third-order valence-electron chi connectivity index (χ3n) is 4.08. The Morgan fingerprint density at radius 1 is 1.25 bits per heavy atom. The van der Waals surface area contributed by atoms with E-state index in [1.54, 1.807) is 23.9 Å². The highest BCUT2D eigenvalue weighted by molar-refractivity contribution is 7.98. The predicted octanol–water partition coefficient (Wildman–Crippen LogP) is 5.25. The van der Waals surface area contributed by atoms with E-state index in [2.05, 4.69) is 15.6 Å². The van der Waals surface area contributed by atoms with Crippen molar-refractivity contribution in [2.24, 2.45) is 0 Å². The van der Waals surface area contributed by atoms with E-state index in [1.165, 1.54) is 6.07 Å². The van der Waals surface area contributed by atoms with Crippen molar-refractivity contribution in [1.29, 1.82) is 0 Å². The molecule has 1 aliphatic rings. The second-order valence-electron chi connectivity index (χ2n) is 5.55. The topological polar surface area (TPSA) is 27.1 Å². The highest BCUT2D eigenvalue weighted by Gasteiger charge is 2.24. The van der Waals surface area contributed by atoms with Gasteiger partial charge in [-0.15, -0.1) is 11.8 Å². The summed E-state index contributed by atoms with van der Waals surface area (Å²) in [5.41, 5.74) is 3.54. The summed E-state index contributed by atoms with van der Waals surface area (Å²) in [6.07, 6.45) is 2.03. The molecule has 0 amide bonds. The zero-order valence-corrected chi connectivity index (χ0v) is 14.7. The number of aryl methyl sites for hydroxylation is 1. The fourth-order valence-corrected chi connectivity index (χ4v) is 3.60. The van der Waals surface area contributed by atoms with Crippen LogP contribution >= 0.6 is 23.4 Å². The lowest BCUT2D eigenvalue weighted by Crippen LogP contribution is -2.14. The van der Waals surface area contributed by atoms with Gasteiger partial charge >= 0.3 is 0 Å². The number of thioether (sulfide) groups is 1. The maximum absolute atomic E-state index is 13.5. The quantitative estimate of drug-likeness (QED) is 0.584. The van der Waals surface area contributed by atoms with Gasteiger partial charge in [-0.2, -0.15) is 0 Å². The monoisotopic (exact) mass is 360 g/mol. The molecule has 0 aliphatic carbocycles. The molecule has 0 saturated heterocycles. The summed E-state index contributed by atoms with van der Waals surface area (Å²) in [7, 11) is 0. The first kappa shape index (κ1) is 15.5. The minimum atomic E-state index is -0.426. The largest absolute Gasteiger partial charge is 0.483 e. The lowest BCUT2D eigenvalue weighted by molar-refractivity contribution is 0.279. The number of halogens is 2.